The van der Waals surface area contributed by atoms with Crippen LogP contribution in [0.25, 0.3) is 0 Å². The fourth-order valence-electron chi connectivity index (χ4n) is 6.94. The SMILES string of the molecule is CCCCC/C=C\C/C=C\C/C=C\C/C=C\CCCC(=O)O[C@H](COCCCCCCCCCCCCCCCCCC)COP(=O)(O)OC1C(O)C(O)C(O)[C@@H](O)C1O. The van der Waals surface area contributed by atoms with E-state index in [-0.39, 0.29) is 13.0 Å². The normalized spacial score (nSPS) is 22.7. The van der Waals surface area contributed by atoms with Crippen molar-refractivity contribution in [3.8, 4) is 0 Å². The molecule has 0 amide bonds. The van der Waals surface area contributed by atoms with Gasteiger partial charge in [-0.15, -0.1) is 0 Å². The van der Waals surface area contributed by atoms with Crippen LogP contribution in [-0.4, -0.2) is 98.9 Å². The first-order valence-corrected chi connectivity index (χ1v) is 25.0. The summed E-state index contributed by atoms with van der Waals surface area (Å²) in [6.45, 7) is 4.18. The summed E-state index contributed by atoms with van der Waals surface area (Å²) in [6.07, 6.45) is 33.3. The van der Waals surface area contributed by atoms with Gasteiger partial charge in [0.05, 0.1) is 13.2 Å². The van der Waals surface area contributed by atoms with Crippen LogP contribution in [-0.2, 0) is 27.9 Å². The molecule has 6 unspecified atom stereocenters. The van der Waals surface area contributed by atoms with Gasteiger partial charge in [-0.3, -0.25) is 13.8 Å². The Morgan fingerprint density at radius 1 is 0.533 bits per heavy atom. The average molecular weight is 873 g/mol. The van der Waals surface area contributed by atoms with Crippen molar-refractivity contribution in [2.75, 3.05) is 19.8 Å². The lowest BCUT2D eigenvalue weighted by molar-refractivity contribution is -0.220. The number of carbonyl (C=O) groups is 1. The Labute approximate surface area is 363 Å². The van der Waals surface area contributed by atoms with Crippen LogP contribution in [0.1, 0.15) is 181 Å². The molecule has 60 heavy (non-hydrogen) atoms. The molecule has 0 saturated heterocycles. The lowest BCUT2D eigenvalue weighted by Gasteiger charge is -2.41. The van der Waals surface area contributed by atoms with Gasteiger partial charge in [-0.25, -0.2) is 4.57 Å². The number of carbonyl (C=O) groups excluding carboxylic acids is 1. The van der Waals surface area contributed by atoms with Crippen LogP contribution in [0.5, 0.6) is 0 Å². The summed E-state index contributed by atoms with van der Waals surface area (Å²) in [4.78, 5) is 23.1. The summed E-state index contributed by atoms with van der Waals surface area (Å²) < 4.78 is 34.1. The number of phosphoric ester groups is 1. The van der Waals surface area contributed by atoms with Crippen molar-refractivity contribution in [2.24, 2.45) is 0 Å². The average Bonchev–Trinajstić information content (AvgIpc) is 3.23. The second-order valence-electron chi connectivity index (χ2n) is 16.3. The third kappa shape index (κ3) is 29.6. The number of hydrogen-bond donors (Lipinski definition) is 6. The molecule has 1 aliphatic carbocycles. The Morgan fingerprint density at radius 2 is 0.933 bits per heavy atom. The molecule has 8 atom stereocenters. The van der Waals surface area contributed by atoms with Crippen molar-refractivity contribution in [3.63, 3.8) is 0 Å². The highest BCUT2D eigenvalue weighted by Crippen LogP contribution is 2.47. The summed E-state index contributed by atoms with van der Waals surface area (Å²) in [7, 11) is -5.03. The number of unbranched alkanes of at least 4 members (excludes halogenated alkanes) is 19. The first-order chi connectivity index (χ1) is 29.0. The van der Waals surface area contributed by atoms with E-state index in [9.17, 15) is 39.8 Å². The van der Waals surface area contributed by atoms with E-state index in [1.165, 1.54) is 103 Å². The van der Waals surface area contributed by atoms with Gasteiger partial charge < -0.3 is 39.9 Å². The van der Waals surface area contributed by atoms with Crippen LogP contribution in [0.4, 0.5) is 0 Å². The van der Waals surface area contributed by atoms with E-state index in [2.05, 4.69) is 50.3 Å². The minimum absolute atomic E-state index is 0.0973. The van der Waals surface area contributed by atoms with Crippen LogP contribution in [0.3, 0.4) is 0 Å². The molecule has 0 aromatic heterocycles. The van der Waals surface area contributed by atoms with Gasteiger partial charge in [0.2, 0.25) is 0 Å². The van der Waals surface area contributed by atoms with Gasteiger partial charge in [0, 0.05) is 13.0 Å². The molecule has 0 bridgehead atoms. The molecule has 1 rings (SSSR count). The van der Waals surface area contributed by atoms with Gasteiger partial charge >= 0.3 is 13.8 Å². The third-order valence-corrected chi connectivity index (χ3v) is 11.7. The molecule has 1 fully saturated rings. The monoisotopic (exact) mass is 873 g/mol. The Balaban J connectivity index is 2.44. The van der Waals surface area contributed by atoms with E-state index in [0.29, 0.717) is 19.4 Å². The molecule has 0 aromatic rings. The second-order valence-corrected chi connectivity index (χ2v) is 17.7. The minimum Gasteiger partial charge on any atom is -0.457 e. The highest BCUT2D eigenvalue weighted by molar-refractivity contribution is 7.47. The fourth-order valence-corrected chi connectivity index (χ4v) is 7.91. The van der Waals surface area contributed by atoms with E-state index < -0.39 is 63.1 Å². The maximum absolute atomic E-state index is 12.8. The molecule has 12 nitrogen and oxygen atoms in total. The fraction of sp³-hybridized carbons (Fsp3) is 0.809. The van der Waals surface area contributed by atoms with Crippen LogP contribution >= 0.6 is 7.82 Å². The van der Waals surface area contributed by atoms with Crippen LogP contribution in [0, 0.1) is 0 Å². The van der Waals surface area contributed by atoms with Crippen LogP contribution in [0.2, 0.25) is 0 Å². The minimum atomic E-state index is -5.03. The van der Waals surface area contributed by atoms with E-state index in [1.807, 2.05) is 12.2 Å². The van der Waals surface area contributed by atoms with Crippen molar-refractivity contribution >= 4 is 13.8 Å². The van der Waals surface area contributed by atoms with Gasteiger partial charge in [0.25, 0.3) is 0 Å². The molecule has 13 heteroatoms. The third-order valence-electron chi connectivity index (χ3n) is 10.7. The first kappa shape index (κ1) is 56.3. The maximum Gasteiger partial charge on any atom is 0.472 e. The van der Waals surface area contributed by atoms with E-state index in [4.69, 9.17) is 18.5 Å². The van der Waals surface area contributed by atoms with Gasteiger partial charge in [-0.2, -0.15) is 0 Å². The molecule has 1 saturated carbocycles. The first-order valence-electron chi connectivity index (χ1n) is 23.5. The van der Waals surface area contributed by atoms with E-state index in [1.54, 1.807) is 0 Å². The lowest BCUT2D eigenvalue weighted by Crippen LogP contribution is -2.64. The van der Waals surface area contributed by atoms with Crippen molar-refractivity contribution in [1.29, 1.82) is 0 Å². The number of allylic oxidation sites excluding steroid dienone is 8. The zero-order chi connectivity index (χ0) is 44.1. The summed E-state index contributed by atoms with van der Waals surface area (Å²) in [5.41, 5.74) is 0. The Bertz CT molecular complexity index is 1180. The Kier molecular flexibility index (Phi) is 35.5. The van der Waals surface area contributed by atoms with Crippen molar-refractivity contribution < 1.29 is 58.3 Å². The number of ether oxygens (including phenoxy) is 2. The summed E-state index contributed by atoms with van der Waals surface area (Å²) in [5, 5.41) is 50.2. The molecule has 0 aliphatic heterocycles. The molecule has 350 valence electrons. The van der Waals surface area contributed by atoms with E-state index >= 15 is 0 Å². The number of phosphoric acid groups is 1. The number of esters is 1. The quantitative estimate of drug-likeness (QED) is 0.0149. The van der Waals surface area contributed by atoms with Crippen molar-refractivity contribution in [2.45, 2.75) is 224 Å². The second kappa shape index (κ2) is 37.8. The Hall–Kier alpha value is -1.70. The van der Waals surface area contributed by atoms with E-state index in [0.717, 1.165) is 44.9 Å². The van der Waals surface area contributed by atoms with Gasteiger partial charge in [0.1, 0.15) is 42.7 Å². The highest BCUT2D eigenvalue weighted by Gasteiger charge is 2.51. The molecule has 0 spiro atoms. The van der Waals surface area contributed by atoms with Crippen LogP contribution < -0.4 is 0 Å². The standard InChI is InChI=1S/C47H85O12P/c1-3-5-7-9-11-13-15-17-19-21-22-24-26-28-30-32-34-36-41(48)58-40(39-57-60(54,55)59-47-45(52)43(50)42(49)44(51)46(47)53)38-56-37-35-33-31-29-27-25-23-20-18-16-14-12-10-8-6-4-2/h11,13,17,19,22,24,28,30,40,42-47,49-53H,3-10,12,14-16,18,20-21,23,25-27,29,31-39H2,1-2H3,(H,54,55)/b13-11-,19-17-,24-22-,30-28-/t40-,42?,43-,44?,45?,46?,47?/m1/s1. The summed E-state index contributed by atoms with van der Waals surface area (Å²) >= 11 is 0. The van der Waals surface area contributed by atoms with Crippen molar-refractivity contribution in [1.82, 2.24) is 0 Å². The van der Waals surface area contributed by atoms with Crippen LogP contribution in [0.15, 0.2) is 48.6 Å². The Morgan fingerprint density at radius 3 is 1.42 bits per heavy atom. The number of aliphatic hydroxyl groups is 5. The maximum atomic E-state index is 12.8. The summed E-state index contributed by atoms with van der Waals surface area (Å²) in [6, 6.07) is 0. The zero-order valence-electron chi connectivity index (χ0n) is 37.2. The largest absolute Gasteiger partial charge is 0.472 e. The summed E-state index contributed by atoms with van der Waals surface area (Å²) in [5.74, 6) is -0.530. The molecular weight excluding hydrogens is 787 g/mol. The molecular formula is C47H85O12P. The predicted octanol–water partition coefficient (Wildman–Crippen LogP) is 9.64. The predicted molar refractivity (Wildman–Crippen MR) is 239 cm³/mol. The number of hydrogen-bond acceptors (Lipinski definition) is 11. The van der Waals surface area contributed by atoms with Gasteiger partial charge in [0.15, 0.2) is 0 Å². The van der Waals surface area contributed by atoms with Gasteiger partial charge in [-0.05, 0) is 51.4 Å². The number of rotatable bonds is 39. The zero-order valence-corrected chi connectivity index (χ0v) is 38.1. The van der Waals surface area contributed by atoms with Crippen molar-refractivity contribution in [3.05, 3.63) is 48.6 Å². The molecule has 0 radical (unpaired) electrons. The highest BCUT2D eigenvalue weighted by atomic mass is 31.2. The molecule has 1 aliphatic rings. The smallest absolute Gasteiger partial charge is 0.457 e. The lowest BCUT2D eigenvalue weighted by atomic mass is 9.85. The molecule has 0 aromatic carbocycles. The molecule has 6 N–H and O–H groups in total. The molecule has 0 heterocycles. The topological polar surface area (TPSA) is 192 Å². The number of aliphatic hydroxyl groups excluding tert-OH is 5. The van der Waals surface area contributed by atoms with Gasteiger partial charge in [-0.1, -0.05) is 172 Å².